The van der Waals surface area contributed by atoms with Crippen molar-refractivity contribution in [3.8, 4) is 0 Å². The molecule has 1 atom stereocenters. The molecular formula is C14H13Cl2NO2S. The Bertz CT molecular complexity index is 682. The van der Waals surface area contributed by atoms with E-state index in [1.165, 1.54) is 12.1 Å². The Balaban J connectivity index is 2.33. The largest absolute Gasteiger partial charge is 0.244 e. The molecule has 106 valence electrons. The van der Waals surface area contributed by atoms with Crippen molar-refractivity contribution in [2.75, 3.05) is 0 Å². The van der Waals surface area contributed by atoms with Gasteiger partial charge in [0.15, 0.2) is 0 Å². The lowest BCUT2D eigenvalue weighted by molar-refractivity contribution is 0.567. The molecule has 0 saturated carbocycles. The highest BCUT2D eigenvalue weighted by molar-refractivity contribution is 7.89. The number of benzene rings is 2. The first kappa shape index (κ1) is 15.3. The summed E-state index contributed by atoms with van der Waals surface area (Å²) in [6.45, 7) is 1.76. The number of halogens is 2. The quantitative estimate of drug-likeness (QED) is 0.920. The molecule has 0 heterocycles. The summed E-state index contributed by atoms with van der Waals surface area (Å²) in [5.74, 6) is 0. The number of sulfonamides is 1. The zero-order valence-corrected chi connectivity index (χ0v) is 13.0. The molecule has 0 unspecified atom stereocenters. The molecule has 20 heavy (non-hydrogen) atoms. The fourth-order valence-electron chi connectivity index (χ4n) is 1.84. The van der Waals surface area contributed by atoms with Crippen LogP contribution in [0.3, 0.4) is 0 Å². The number of nitrogens with one attached hydrogen (secondary N) is 1. The van der Waals surface area contributed by atoms with Gasteiger partial charge in [0, 0.05) is 6.04 Å². The van der Waals surface area contributed by atoms with Crippen LogP contribution in [-0.4, -0.2) is 8.42 Å². The average molecular weight is 330 g/mol. The van der Waals surface area contributed by atoms with Gasteiger partial charge in [-0.1, -0.05) is 59.6 Å². The summed E-state index contributed by atoms with van der Waals surface area (Å²) in [6.07, 6.45) is 0. The maximum Gasteiger partial charge on any atom is 0.244 e. The van der Waals surface area contributed by atoms with E-state index in [-0.39, 0.29) is 21.0 Å². The number of rotatable bonds is 4. The number of hydrogen-bond donors (Lipinski definition) is 1. The van der Waals surface area contributed by atoms with Crippen LogP contribution in [0.5, 0.6) is 0 Å². The Hall–Kier alpha value is -1.07. The summed E-state index contributed by atoms with van der Waals surface area (Å²) in [7, 11) is -3.78. The minimum atomic E-state index is -3.78. The average Bonchev–Trinajstić information content (AvgIpc) is 2.38. The highest BCUT2D eigenvalue weighted by Gasteiger charge is 2.23. The van der Waals surface area contributed by atoms with E-state index in [4.69, 9.17) is 23.2 Å². The molecule has 2 aromatic carbocycles. The van der Waals surface area contributed by atoms with E-state index >= 15 is 0 Å². The summed E-state index contributed by atoms with van der Waals surface area (Å²) in [5, 5.41) is 0.204. The normalized spacial score (nSPS) is 13.2. The highest BCUT2D eigenvalue weighted by Crippen LogP contribution is 2.29. The van der Waals surface area contributed by atoms with Crippen LogP contribution in [0.15, 0.2) is 53.4 Å². The monoisotopic (exact) mass is 329 g/mol. The second-order valence-corrected chi connectivity index (χ2v) is 6.77. The van der Waals surface area contributed by atoms with Crippen molar-refractivity contribution in [2.24, 2.45) is 0 Å². The van der Waals surface area contributed by atoms with Crippen molar-refractivity contribution < 1.29 is 8.42 Å². The van der Waals surface area contributed by atoms with Crippen molar-refractivity contribution in [2.45, 2.75) is 17.9 Å². The zero-order chi connectivity index (χ0) is 14.8. The van der Waals surface area contributed by atoms with Gasteiger partial charge in [-0.15, -0.1) is 0 Å². The Morgan fingerprint density at radius 2 is 1.50 bits per heavy atom. The summed E-state index contributed by atoms with van der Waals surface area (Å²) in [5.41, 5.74) is 0.860. The van der Waals surface area contributed by atoms with E-state index in [1.54, 1.807) is 13.0 Å². The molecule has 0 saturated heterocycles. The molecule has 3 nitrogen and oxygen atoms in total. The lowest BCUT2D eigenvalue weighted by atomic mass is 10.1. The molecule has 6 heteroatoms. The van der Waals surface area contributed by atoms with Crippen LogP contribution in [0.2, 0.25) is 10.0 Å². The van der Waals surface area contributed by atoms with Gasteiger partial charge in [0.2, 0.25) is 10.0 Å². The van der Waals surface area contributed by atoms with Gasteiger partial charge in [-0.25, -0.2) is 13.1 Å². The van der Waals surface area contributed by atoms with E-state index in [9.17, 15) is 8.42 Å². The van der Waals surface area contributed by atoms with E-state index in [0.717, 1.165) is 5.56 Å². The summed E-state index contributed by atoms with van der Waals surface area (Å²) in [4.78, 5) is -0.0916. The van der Waals surface area contributed by atoms with Gasteiger partial charge in [-0.2, -0.15) is 0 Å². The van der Waals surface area contributed by atoms with Gasteiger partial charge < -0.3 is 0 Å². The van der Waals surface area contributed by atoms with Crippen LogP contribution in [0.25, 0.3) is 0 Å². The first-order valence-electron chi connectivity index (χ1n) is 5.93. The molecule has 0 aliphatic carbocycles. The van der Waals surface area contributed by atoms with E-state index in [1.807, 2.05) is 30.3 Å². The van der Waals surface area contributed by atoms with Crippen molar-refractivity contribution in [1.29, 1.82) is 0 Å². The first-order chi connectivity index (χ1) is 9.42. The van der Waals surface area contributed by atoms with Crippen LogP contribution < -0.4 is 4.72 Å². The smallest absolute Gasteiger partial charge is 0.207 e. The molecule has 2 aromatic rings. The predicted molar refractivity (Wildman–Crippen MR) is 81.6 cm³/mol. The minimum absolute atomic E-state index is 0.0916. The standard InChI is InChI=1S/C14H13Cl2NO2S/c1-10(11-6-3-2-4-7-11)17-20(18,19)14-12(15)8-5-9-13(14)16/h2-10,17H,1H3/t10-/m1/s1. The third-order valence-electron chi connectivity index (χ3n) is 2.82. The van der Waals surface area contributed by atoms with Crippen LogP contribution in [-0.2, 0) is 10.0 Å². The van der Waals surface area contributed by atoms with Gasteiger partial charge >= 0.3 is 0 Å². The molecule has 0 aliphatic rings. The summed E-state index contributed by atoms with van der Waals surface area (Å²) >= 11 is 11.9. The molecule has 0 radical (unpaired) electrons. The SMILES string of the molecule is C[C@@H](NS(=O)(=O)c1c(Cl)cccc1Cl)c1ccccc1. The first-order valence-corrected chi connectivity index (χ1v) is 8.17. The van der Waals surface area contributed by atoms with Crippen molar-refractivity contribution >= 4 is 33.2 Å². The van der Waals surface area contributed by atoms with Crippen LogP contribution in [0, 0.1) is 0 Å². The molecule has 0 bridgehead atoms. The summed E-state index contributed by atoms with van der Waals surface area (Å²) < 4.78 is 27.3. The van der Waals surface area contributed by atoms with Crippen LogP contribution in [0.1, 0.15) is 18.5 Å². The van der Waals surface area contributed by atoms with E-state index in [2.05, 4.69) is 4.72 Å². The predicted octanol–water partition coefficient (Wildman–Crippen LogP) is 4.03. The topological polar surface area (TPSA) is 46.2 Å². The maximum absolute atomic E-state index is 12.4. The highest BCUT2D eigenvalue weighted by atomic mass is 35.5. The van der Waals surface area contributed by atoms with Crippen molar-refractivity contribution in [3.63, 3.8) is 0 Å². The Labute approximate surface area is 128 Å². The van der Waals surface area contributed by atoms with Crippen molar-refractivity contribution in [3.05, 3.63) is 64.1 Å². The summed E-state index contributed by atoms with van der Waals surface area (Å²) in [6, 6.07) is 13.5. The minimum Gasteiger partial charge on any atom is -0.207 e. The molecule has 0 aromatic heterocycles. The molecule has 0 amide bonds. The van der Waals surface area contributed by atoms with Crippen LogP contribution in [0.4, 0.5) is 0 Å². The lowest BCUT2D eigenvalue weighted by Gasteiger charge is -2.16. The van der Waals surface area contributed by atoms with Gasteiger partial charge in [0.25, 0.3) is 0 Å². The lowest BCUT2D eigenvalue weighted by Crippen LogP contribution is -2.27. The fraction of sp³-hybridized carbons (Fsp3) is 0.143. The fourth-order valence-corrected chi connectivity index (χ4v) is 4.22. The van der Waals surface area contributed by atoms with Gasteiger partial charge in [0.1, 0.15) is 4.90 Å². The van der Waals surface area contributed by atoms with Crippen LogP contribution >= 0.6 is 23.2 Å². The molecule has 0 fully saturated rings. The molecular weight excluding hydrogens is 317 g/mol. The number of hydrogen-bond acceptors (Lipinski definition) is 2. The molecule has 1 N–H and O–H groups in total. The molecule has 0 aliphatic heterocycles. The third kappa shape index (κ3) is 3.33. The third-order valence-corrected chi connectivity index (χ3v) is 5.31. The van der Waals surface area contributed by atoms with E-state index < -0.39 is 10.0 Å². The molecule has 2 rings (SSSR count). The Morgan fingerprint density at radius 1 is 0.950 bits per heavy atom. The second kappa shape index (κ2) is 6.14. The maximum atomic E-state index is 12.4. The van der Waals surface area contributed by atoms with Gasteiger partial charge in [-0.3, -0.25) is 0 Å². The molecule has 0 spiro atoms. The second-order valence-electron chi connectivity index (χ2n) is 4.30. The van der Waals surface area contributed by atoms with Gasteiger partial charge in [-0.05, 0) is 24.6 Å². The zero-order valence-electron chi connectivity index (χ0n) is 10.7. The Morgan fingerprint density at radius 3 is 2.05 bits per heavy atom. The Kier molecular flexibility index (Phi) is 4.70. The van der Waals surface area contributed by atoms with Crippen molar-refractivity contribution in [1.82, 2.24) is 4.72 Å². The van der Waals surface area contributed by atoms with Gasteiger partial charge in [0.05, 0.1) is 10.0 Å². The van der Waals surface area contributed by atoms with E-state index in [0.29, 0.717) is 0 Å².